The average molecular weight is 374 g/mol. The van der Waals surface area contributed by atoms with Gasteiger partial charge in [0.15, 0.2) is 0 Å². The highest BCUT2D eigenvalue weighted by Crippen LogP contribution is 2.33. The Morgan fingerprint density at radius 2 is 2.14 bits per heavy atom. The summed E-state index contributed by atoms with van der Waals surface area (Å²) >= 11 is 9.44. The lowest BCUT2D eigenvalue weighted by Crippen LogP contribution is -2.57. The van der Waals surface area contributed by atoms with Gasteiger partial charge in [0.1, 0.15) is 5.75 Å². The fraction of sp³-hybridized carbons (Fsp3) is 0.533. The maximum Gasteiger partial charge on any atom is 0.255 e. The predicted octanol–water partition coefficient (Wildman–Crippen LogP) is 2.94. The number of nitrogens with one attached hydrogen (secondary N) is 1. The van der Waals surface area contributed by atoms with E-state index in [-0.39, 0.29) is 11.9 Å². The van der Waals surface area contributed by atoms with E-state index in [1.807, 2.05) is 0 Å². The maximum atomic E-state index is 12.6. The van der Waals surface area contributed by atoms with Crippen LogP contribution in [0, 0.1) is 5.92 Å². The van der Waals surface area contributed by atoms with Crippen LogP contribution in [0.4, 0.5) is 0 Å². The molecule has 0 spiro atoms. The SMILES string of the molecule is COc1c(Br)cc(Cl)cc1C(=O)NC1CN2CCC1CC2. The monoisotopic (exact) mass is 372 g/mol. The van der Waals surface area contributed by atoms with E-state index in [9.17, 15) is 4.79 Å². The van der Waals surface area contributed by atoms with Crippen molar-refractivity contribution in [2.45, 2.75) is 18.9 Å². The molecule has 0 aromatic heterocycles. The molecule has 6 heteroatoms. The van der Waals surface area contributed by atoms with E-state index in [0.717, 1.165) is 19.6 Å². The molecule has 3 heterocycles. The van der Waals surface area contributed by atoms with Crippen LogP contribution in [0.15, 0.2) is 16.6 Å². The van der Waals surface area contributed by atoms with Gasteiger partial charge in [-0.25, -0.2) is 0 Å². The van der Waals surface area contributed by atoms with Crippen molar-refractivity contribution in [1.29, 1.82) is 0 Å². The first-order valence-corrected chi connectivity index (χ1v) is 8.32. The highest BCUT2D eigenvalue weighted by Gasteiger charge is 2.35. The number of hydrogen-bond acceptors (Lipinski definition) is 3. The van der Waals surface area contributed by atoms with E-state index in [4.69, 9.17) is 16.3 Å². The Labute approximate surface area is 137 Å². The second-order valence-electron chi connectivity index (χ2n) is 5.69. The van der Waals surface area contributed by atoms with Crippen molar-refractivity contribution >= 4 is 33.4 Å². The van der Waals surface area contributed by atoms with Crippen LogP contribution in [0.2, 0.25) is 5.02 Å². The van der Waals surface area contributed by atoms with Gasteiger partial charge >= 0.3 is 0 Å². The number of rotatable bonds is 3. The number of nitrogens with zero attached hydrogens (tertiary/aromatic N) is 1. The predicted molar refractivity (Wildman–Crippen MR) is 86.1 cm³/mol. The van der Waals surface area contributed by atoms with E-state index in [0.29, 0.717) is 26.7 Å². The van der Waals surface area contributed by atoms with E-state index in [2.05, 4.69) is 26.1 Å². The molecule has 2 bridgehead atoms. The van der Waals surface area contributed by atoms with Crippen LogP contribution in [0.1, 0.15) is 23.2 Å². The zero-order valence-corrected chi connectivity index (χ0v) is 14.2. The lowest BCUT2D eigenvalue weighted by Gasteiger charge is -2.44. The minimum absolute atomic E-state index is 0.117. The minimum Gasteiger partial charge on any atom is -0.495 e. The van der Waals surface area contributed by atoms with Crippen molar-refractivity contribution in [3.05, 3.63) is 27.2 Å². The summed E-state index contributed by atoms with van der Waals surface area (Å²) in [5.74, 6) is 1.000. The maximum absolute atomic E-state index is 12.6. The Hall–Kier alpha value is -0.780. The molecule has 3 fully saturated rings. The Morgan fingerprint density at radius 3 is 2.71 bits per heavy atom. The van der Waals surface area contributed by atoms with Gasteiger partial charge in [-0.05, 0) is 59.9 Å². The summed E-state index contributed by atoms with van der Waals surface area (Å²) in [4.78, 5) is 15.0. The van der Waals surface area contributed by atoms with Crippen molar-refractivity contribution < 1.29 is 9.53 Å². The number of amides is 1. The fourth-order valence-corrected chi connectivity index (χ4v) is 4.28. The fourth-order valence-electron chi connectivity index (χ4n) is 3.31. The molecule has 114 valence electrons. The van der Waals surface area contributed by atoms with Crippen LogP contribution in [-0.2, 0) is 0 Å². The van der Waals surface area contributed by atoms with Crippen molar-refractivity contribution in [3.8, 4) is 5.75 Å². The number of carbonyl (C=O) groups excluding carboxylic acids is 1. The number of ether oxygens (including phenoxy) is 1. The summed E-state index contributed by atoms with van der Waals surface area (Å²) in [7, 11) is 1.55. The lowest BCUT2D eigenvalue weighted by molar-refractivity contribution is 0.0619. The third-order valence-electron chi connectivity index (χ3n) is 4.43. The van der Waals surface area contributed by atoms with Gasteiger partial charge in [-0.1, -0.05) is 11.6 Å². The number of hydrogen-bond donors (Lipinski definition) is 1. The summed E-state index contributed by atoms with van der Waals surface area (Å²) < 4.78 is 6.02. The summed E-state index contributed by atoms with van der Waals surface area (Å²) in [5, 5.41) is 3.67. The number of halogens is 2. The van der Waals surface area contributed by atoms with Gasteiger partial charge < -0.3 is 15.0 Å². The number of carbonyl (C=O) groups is 1. The van der Waals surface area contributed by atoms with E-state index in [1.54, 1.807) is 19.2 Å². The van der Waals surface area contributed by atoms with Gasteiger partial charge in [0, 0.05) is 17.6 Å². The molecule has 1 atom stereocenters. The molecular weight excluding hydrogens is 356 g/mol. The zero-order valence-electron chi connectivity index (χ0n) is 11.9. The first-order valence-electron chi connectivity index (χ1n) is 7.14. The number of benzene rings is 1. The van der Waals surface area contributed by atoms with Crippen molar-refractivity contribution in [3.63, 3.8) is 0 Å². The largest absolute Gasteiger partial charge is 0.495 e. The van der Waals surface area contributed by atoms with Gasteiger partial charge in [0.05, 0.1) is 17.1 Å². The quantitative estimate of drug-likeness (QED) is 0.886. The smallest absolute Gasteiger partial charge is 0.255 e. The van der Waals surface area contributed by atoms with Gasteiger partial charge in [-0.2, -0.15) is 0 Å². The van der Waals surface area contributed by atoms with Crippen LogP contribution in [0.25, 0.3) is 0 Å². The molecule has 1 N–H and O–H groups in total. The Kier molecular flexibility index (Phi) is 4.43. The topological polar surface area (TPSA) is 41.6 Å². The van der Waals surface area contributed by atoms with Crippen LogP contribution >= 0.6 is 27.5 Å². The van der Waals surface area contributed by atoms with Gasteiger partial charge in [-0.15, -0.1) is 0 Å². The average Bonchev–Trinajstić information content (AvgIpc) is 2.47. The van der Waals surface area contributed by atoms with Crippen LogP contribution in [-0.4, -0.2) is 43.6 Å². The van der Waals surface area contributed by atoms with Gasteiger partial charge in [0.2, 0.25) is 0 Å². The highest BCUT2D eigenvalue weighted by molar-refractivity contribution is 9.10. The number of piperidine rings is 3. The molecule has 3 aliphatic heterocycles. The van der Waals surface area contributed by atoms with E-state index < -0.39 is 0 Å². The van der Waals surface area contributed by atoms with Gasteiger partial charge in [-0.3, -0.25) is 4.79 Å². The first-order chi connectivity index (χ1) is 10.1. The lowest BCUT2D eigenvalue weighted by atomic mass is 9.84. The molecule has 21 heavy (non-hydrogen) atoms. The van der Waals surface area contributed by atoms with Crippen LogP contribution < -0.4 is 10.1 Å². The van der Waals surface area contributed by atoms with Crippen LogP contribution in [0.5, 0.6) is 5.75 Å². The van der Waals surface area contributed by atoms with E-state index in [1.165, 1.54) is 12.8 Å². The molecule has 0 radical (unpaired) electrons. The number of fused-ring (bicyclic) bond motifs is 3. The molecule has 1 aromatic rings. The third kappa shape index (κ3) is 3.05. The normalized spacial score (nSPS) is 27.5. The highest BCUT2D eigenvalue weighted by atomic mass is 79.9. The summed E-state index contributed by atoms with van der Waals surface area (Å²) in [6.07, 6.45) is 2.34. The Bertz CT molecular complexity index is 559. The molecule has 4 nitrogen and oxygen atoms in total. The van der Waals surface area contributed by atoms with Crippen LogP contribution in [0.3, 0.4) is 0 Å². The molecule has 0 saturated carbocycles. The Balaban J connectivity index is 1.79. The van der Waals surface area contributed by atoms with Crippen molar-refractivity contribution in [1.82, 2.24) is 10.2 Å². The molecule has 0 aliphatic carbocycles. The second kappa shape index (κ2) is 6.15. The number of methoxy groups -OCH3 is 1. The standard InChI is InChI=1S/C15H18BrClN2O2/c1-21-14-11(6-10(17)7-12(14)16)15(20)18-13-8-19-4-2-9(13)3-5-19/h6-7,9,13H,2-5,8H2,1H3,(H,18,20). The van der Waals surface area contributed by atoms with Gasteiger partial charge in [0.25, 0.3) is 5.91 Å². The zero-order chi connectivity index (χ0) is 15.0. The molecular formula is C15H18BrClN2O2. The molecule has 1 amide bonds. The molecule has 1 unspecified atom stereocenters. The third-order valence-corrected chi connectivity index (χ3v) is 5.24. The van der Waals surface area contributed by atoms with Crippen molar-refractivity contribution in [2.75, 3.05) is 26.7 Å². The molecule has 3 saturated heterocycles. The van der Waals surface area contributed by atoms with Crippen molar-refractivity contribution in [2.24, 2.45) is 5.92 Å². The molecule has 1 aromatic carbocycles. The second-order valence-corrected chi connectivity index (χ2v) is 6.98. The van der Waals surface area contributed by atoms with E-state index >= 15 is 0 Å². The summed E-state index contributed by atoms with van der Waals surface area (Å²) in [5.41, 5.74) is 0.480. The minimum atomic E-state index is -0.117. The Morgan fingerprint density at radius 1 is 1.43 bits per heavy atom. The first kappa shape index (κ1) is 15.1. The molecule has 4 rings (SSSR count). The molecule has 3 aliphatic rings. The summed E-state index contributed by atoms with van der Waals surface area (Å²) in [6, 6.07) is 3.61. The summed E-state index contributed by atoms with van der Waals surface area (Å²) in [6.45, 7) is 3.26.